The van der Waals surface area contributed by atoms with E-state index in [0.29, 0.717) is 11.4 Å². The smallest absolute Gasteiger partial charge is 0.150 e. The van der Waals surface area contributed by atoms with Crippen molar-refractivity contribution < 1.29 is 4.79 Å². The van der Waals surface area contributed by atoms with Crippen LogP contribution in [-0.2, 0) is 0 Å². The van der Waals surface area contributed by atoms with Crippen LogP contribution < -0.4 is 5.73 Å². The molecule has 0 saturated carbocycles. The van der Waals surface area contributed by atoms with Crippen LogP contribution in [0.5, 0.6) is 0 Å². The molecule has 104 valence electrons. The molecule has 1 aromatic heterocycles. The minimum atomic E-state index is 0.521. The lowest BCUT2D eigenvalue weighted by Gasteiger charge is -2.07. The van der Waals surface area contributed by atoms with Gasteiger partial charge in [-0.05, 0) is 24.6 Å². The first-order valence-corrected chi connectivity index (χ1v) is 6.66. The Kier molecular flexibility index (Phi) is 3.28. The Labute approximate surface area is 122 Å². The fourth-order valence-corrected chi connectivity index (χ4v) is 2.30. The van der Waals surface area contributed by atoms with Gasteiger partial charge in [-0.1, -0.05) is 42.0 Å². The number of hydrogen-bond acceptors (Lipinski definition) is 3. The van der Waals surface area contributed by atoms with Gasteiger partial charge in [-0.25, -0.2) is 4.68 Å². The molecule has 0 spiro atoms. The number of carbonyl (C=O) groups excluding carboxylic acids is 1. The average Bonchev–Trinajstić information content (AvgIpc) is 2.89. The summed E-state index contributed by atoms with van der Waals surface area (Å²) < 4.78 is 1.68. The SMILES string of the molecule is Cc1ccc(-n2ncc(-c3ccccc3C=O)c2N)cc1. The molecule has 0 unspecified atom stereocenters. The molecule has 2 N–H and O–H groups in total. The quantitative estimate of drug-likeness (QED) is 0.748. The van der Waals surface area contributed by atoms with E-state index in [-0.39, 0.29) is 0 Å². The van der Waals surface area contributed by atoms with Crippen molar-refractivity contribution in [2.75, 3.05) is 5.73 Å². The second-order valence-electron chi connectivity index (χ2n) is 4.90. The maximum Gasteiger partial charge on any atom is 0.150 e. The molecule has 1 heterocycles. The Morgan fingerprint density at radius 2 is 1.76 bits per heavy atom. The Morgan fingerprint density at radius 1 is 1.05 bits per heavy atom. The van der Waals surface area contributed by atoms with Gasteiger partial charge in [0.1, 0.15) is 5.82 Å². The number of anilines is 1. The van der Waals surface area contributed by atoms with Gasteiger partial charge in [0.25, 0.3) is 0 Å². The number of rotatable bonds is 3. The summed E-state index contributed by atoms with van der Waals surface area (Å²) in [7, 11) is 0. The lowest BCUT2D eigenvalue weighted by molar-refractivity contribution is 0.112. The summed E-state index contributed by atoms with van der Waals surface area (Å²) in [5.41, 5.74) is 10.4. The van der Waals surface area contributed by atoms with E-state index in [9.17, 15) is 4.79 Å². The highest BCUT2D eigenvalue weighted by molar-refractivity contribution is 5.90. The van der Waals surface area contributed by atoms with E-state index in [4.69, 9.17) is 5.73 Å². The van der Waals surface area contributed by atoms with E-state index in [2.05, 4.69) is 5.10 Å². The topological polar surface area (TPSA) is 60.9 Å². The van der Waals surface area contributed by atoms with Crippen molar-refractivity contribution in [1.82, 2.24) is 9.78 Å². The van der Waals surface area contributed by atoms with Gasteiger partial charge in [-0.15, -0.1) is 0 Å². The second-order valence-corrected chi connectivity index (χ2v) is 4.90. The molecule has 0 aliphatic carbocycles. The molecular formula is C17H15N3O. The molecule has 3 rings (SSSR count). The van der Waals surface area contributed by atoms with Crippen molar-refractivity contribution in [1.29, 1.82) is 0 Å². The first kappa shape index (κ1) is 13.1. The summed E-state index contributed by atoms with van der Waals surface area (Å²) in [6, 6.07) is 15.3. The van der Waals surface area contributed by atoms with Crippen LogP contribution in [0.15, 0.2) is 54.7 Å². The molecule has 0 radical (unpaired) electrons. The van der Waals surface area contributed by atoms with Gasteiger partial charge < -0.3 is 5.73 Å². The fraction of sp³-hybridized carbons (Fsp3) is 0.0588. The van der Waals surface area contributed by atoms with Crippen LogP contribution >= 0.6 is 0 Å². The number of aryl methyl sites for hydroxylation is 1. The van der Waals surface area contributed by atoms with E-state index in [1.807, 2.05) is 49.4 Å². The van der Waals surface area contributed by atoms with Crippen molar-refractivity contribution in [2.24, 2.45) is 0 Å². The maximum absolute atomic E-state index is 11.2. The summed E-state index contributed by atoms with van der Waals surface area (Å²) in [4.78, 5) is 11.2. The monoisotopic (exact) mass is 277 g/mol. The van der Waals surface area contributed by atoms with Crippen molar-refractivity contribution in [3.8, 4) is 16.8 Å². The largest absolute Gasteiger partial charge is 0.383 e. The molecule has 0 aliphatic heterocycles. The zero-order valence-corrected chi connectivity index (χ0v) is 11.7. The third-order valence-electron chi connectivity index (χ3n) is 3.46. The Morgan fingerprint density at radius 3 is 2.48 bits per heavy atom. The van der Waals surface area contributed by atoms with Crippen molar-refractivity contribution >= 4 is 12.1 Å². The Bertz CT molecular complexity index is 788. The molecule has 3 aromatic rings. The number of aromatic nitrogens is 2. The normalized spacial score (nSPS) is 10.5. The highest BCUT2D eigenvalue weighted by Crippen LogP contribution is 2.29. The number of carbonyl (C=O) groups is 1. The van der Waals surface area contributed by atoms with E-state index < -0.39 is 0 Å². The molecule has 2 aromatic carbocycles. The van der Waals surface area contributed by atoms with E-state index in [1.54, 1.807) is 16.9 Å². The second kappa shape index (κ2) is 5.25. The number of aldehydes is 1. The summed E-state index contributed by atoms with van der Waals surface area (Å²) in [5, 5.41) is 4.34. The summed E-state index contributed by atoms with van der Waals surface area (Å²) in [5.74, 6) is 0.521. The van der Waals surface area contributed by atoms with Crippen molar-refractivity contribution in [3.05, 3.63) is 65.9 Å². The predicted molar refractivity (Wildman–Crippen MR) is 83.5 cm³/mol. The van der Waals surface area contributed by atoms with Crippen LogP contribution in [0.3, 0.4) is 0 Å². The fourth-order valence-electron chi connectivity index (χ4n) is 2.30. The number of benzene rings is 2. The highest BCUT2D eigenvalue weighted by Gasteiger charge is 2.13. The summed E-state index contributed by atoms with van der Waals surface area (Å²) in [6.45, 7) is 2.03. The maximum atomic E-state index is 11.2. The van der Waals surface area contributed by atoms with Crippen LogP contribution in [0, 0.1) is 6.92 Å². The zero-order chi connectivity index (χ0) is 14.8. The molecule has 0 saturated heterocycles. The van der Waals surface area contributed by atoms with E-state index in [0.717, 1.165) is 23.1 Å². The van der Waals surface area contributed by atoms with E-state index >= 15 is 0 Å². The third kappa shape index (κ3) is 2.31. The summed E-state index contributed by atoms with van der Waals surface area (Å²) in [6.07, 6.45) is 2.52. The van der Waals surface area contributed by atoms with Gasteiger partial charge in [0.2, 0.25) is 0 Å². The minimum absolute atomic E-state index is 0.521. The zero-order valence-electron chi connectivity index (χ0n) is 11.7. The first-order valence-electron chi connectivity index (χ1n) is 6.66. The van der Waals surface area contributed by atoms with Crippen LogP contribution in [0.2, 0.25) is 0 Å². The average molecular weight is 277 g/mol. The van der Waals surface area contributed by atoms with Crippen molar-refractivity contribution in [3.63, 3.8) is 0 Å². The highest BCUT2D eigenvalue weighted by atomic mass is 16.1. The van der Waals surface area contributed by atoms with Gasteiger partial charge in [0, 0.05) is 11.1 Å². The molecule has 0 aliphatic rings. The van der Waals surface area contributed by atoms with Crippen LogP contribution in [0.4, 0.5) is 5.82 Å². The number of hydrogen-bond donors (Lipinski definition) is 1. The van der Waals surface area contributed by atoms with Crippen molar-refractivity contribution in [2.45, 2.75) is 6.92 Å². The first-order chi connectivity index (χ1) is 10.2. The molecule has 0 bridgehead atoms. The molecule has 0 amide bonds. The molecule has 0 fully saturated rings. The van der Waals surface area contributed by atoms with Gasteiger partial charge in [-0.3, -0.25) is 4.79 Å². The standard InChI is InChI=1S/C17H15N3O/c1-12-6-8-14(9-7-12)20-17(18)16(10-19-20)15-5-3-2-4-13(15)11-21/h2-11H,18H2,1H3. The van der Waals surface area contributed by atoms with Crippen LogP contribution in [-0.4, -0.2) is 16.1 Å². The Hall–Kier alpha value is -2.88. The molecule has 21 heavy (non-hydrogen) atoms. The lowest BCUT2D eigenvalue weighted by Crippen LogP contribution is -2.02. The van der Waals surface area contributed by atoms with Gasteiger partial charge in [-0.2, -0.15) is 5.10 Å². The van der Waals surface area contributed by atoms with Gasteiger partial charge in [0.15, 0.2) is 6.29 Å². The number of nitrogens with two attached hydrogens (primary N) is 1. The summed E-state index contributed by atoms with van der Waals surface area (Å²) >= 11 is 0. The molecular weight excluding hydrogens is 262 g/mol. The molecule has 4 nitrogen and oxygen atoms in total. The predicted octanol–water partition coefficient (Wildman–Crippen LogP) is 3.24. The van der Waals surface area contributed by atoms with Gasteiger partial charge in [0.05, 0.1) is 11.9 Å². The molecule has 4 heteroatoms. The van der Waals surface area contributed by atoms with E-state index in [1.165, 1.54) is 5.56 Å². The van der Waals surface area contributed by atoms with Crippen LogP contribution in [0.1, 0.15) is 15.9 Å². The number of nitrogens with zero attached hydrogens (tertiary/aromatic N) is 2. The van der Waals surface area contributed by atoms with Crippen LogP contribution in [0.25, 0.3) is 16.8 Å². The lowest BCUT2D eigenvalue weighted by atomic mass is 10.0. The Balaban J connectivity index is 2.11. The number of nitrogen functional groups attached to an aromatic ring is 1. The molecule has 0 atom stereocenters. The van der Waals surface area contributed by atoms with Gasteiger partial charge >= 0.3 is 0 Å². The third-order valence-corrected chi connectivity index (χ3v) is 3.46. The minimum Gasteiger partial charge on any atom is -0.383 e.